The van der Waals surface area contributed by atoms with Gasteiger partial charge < -0.3 is 24.6 Å². The van der Waals surface area contributed by atoms with E-state index in [0.29, 0.717) is 61.3 Å². The molecule has 0 saturated carbocycles. The molecule has 7 heteroatoms. The third-order valence-electron chi connectivity index (χ3n) is 7.72. The van der Waals surface area contributed by atoms with Crippen molar-refractivity contribution in [2.75, 3.05) is 20.3 Å². The summed E-state index contributed by atoms with van der Waals surface area (Å²) in [5.41, 5.74) is 3.45. The predicted molar refractivity (Wildman–Crippen MR) is 138 cm³/mol. The van der Waals surface area contributed by atoms with E-state index in [-0.39, 0.29) is 17.5 Å². The number of esters is 1. The van der Waals surface area contributed by atoms with Crippen molar-refractivity contribution in [3.8, 4) is 11.5 Å². The van der Waals surface area contributed by atoms with Gasteiger partial charge in [-0.05, 0) is 49.6 Å². The summed E-state index contributed by atoms with van der Waals surface area (Å²) < 4.78 is 17.1. The number of hydrogen-bond acceptors (Lipinski definition) is 7. The second kappa shape index (κ2) is 10.1. The van der Waals surface area contributed by atoms with Gasteiger partial charge in [0.1, 0.15) is 17.1 Å². The van der Waals surface area contributed by atoms with Crippen molar-refractivity contribution in [3.63, 3.8) is 0 Å². The standard InChI is InChI=1S/C30H33NO6/c1-18-26(29(34)37-30(2)11-13-36-14-12-30)27(19-7-6-8-21(32)15-19)28-23(31-18)16-20(17-24(28)33)22-9-4-5-10-25(22)35-3/h4-10,15,20,27,31-32H,11-14,16-17H2,1-3H3/t20-,27-/m1/s1. The van der Waals surface area contributed by atoms with Crippen LogP contribution < -0.4 is 10.1 Å². The monoisotopic (exact) mass is 503 g/mol. The van der Waals surface area contributed by atoms with Gasteiger partial charge in [-0.25, -0.2) is 4.79 Å². The lowest BCUT2D eigenvalue weighted by molar-refractivity contribution is -0.162. The smallest absolute Gasteiger partial charge is 0.337 e. The highest BCUT2D eigenvalue weighted by atomic mass is 16.6. The van der Waals surface area contributed by atoms with Crippen LogP contribution in [0.1, 0.15) is 62.5 Å². The maximum Gasteiger partial charge on any atom is 0.337 e. The maximum absolute atomic E-state index is 13.8. The van der Waals surface area contributed by atoms with E-state index < -0.39 is 17.5 Å². The molecule has 3 aliphatic rings. The SMILES string of the molecule is COc1ccccc1[C@H]1CC(=O)C2=C(C1)NC(C)=C(C(=O)OC1(C)CCOCC1)[C@H]2c1cccc(O)c1. The van der Waals surface area contributed by atoms with Crippen LogP contribution >= 0.6 is 0 Å². The summed E-state index contributed by atoms with van der Waals surface area (Å²) in [7, 11) is 1.63. The Labute approximate surface area is 217 Å². The molecule has 0 radical (unpaired) electrons. The molecule has 1 aliphatic carbocycles. The van der Waals surface area contributed by atoms with E-state index in [1.54, 1.807) is 25.3 Å². The minimum absolute atomic E-state index is 0.0342. The van der Waals surface area contributed by atoms with Crippen LogP contribution in [0.3, 0.4) is 0 Å². The van der Waals surface area contributed by atoms with Crippen LogP contribution in [0.5, 0.6) is 11.5 Å². The summed E-state index contributed by atoms with van der Waals surface area (Å²) in [5, 5.41) is 13.7. The molecule has 2 aromatic rings. The number of carbonyl (C=O) groups excluding carboxylic acids is 2. The van der Waals surface area contributed by atoms with Crippen LogP contribution in [0, 0.1) is 0 Å². The summed E-state index contributed by atoms with van der Waals surface area (Å²) in [5.74, 6) is -0.337. The number of Topliss-reactive ketones (excluding diaryl/α,β-unsaturated/α-hetero) is 1. The topological polar surface area (TPSA) is 94.1 Å². The lowest BCUT2D eigenvalue weighted by Crippen LogP contribution is -2.41. The third kappa shape index (κ3) is 4.88. The molecule has 0 spiro atoms. The first-order chi connectivity index (χ1) is 17.8. The number of carbonyl (C=O) groups is 2. The van der Waals surface area contributed by atoms with E-state index in [0.717, 1.165) is 17.0 Å². The Morgan fingerprint density at radius 1 is 1.11 bits per heavy atom. The summed E-state index contributed by atoms with van der Waals surface area (Å²) in [4.78, 5) is 27.5. The zero-order valence-electron chi connectivity index (χ0n) is 21.5. The Kier molecular flexibility index (Phi) is 6.82. The van der Waals surface area contributed by atoms with Crippen LogP contribution in [-0.4, -0.2) is 42.8 Å². The van der Waals surface area contributed by atoms with Gasteiger partial charge in [-0.15, -0.1) is 0 Å². The highest BCUT2D eigenvalue weighted by Crippen LogP contribution is 2.47. The zero-order chi connectivity index (χ0) is 26.2. The van der Waals surface area contributed by atoms with Gasteiger partial charge in [-0.3, -0.25) is 4.79 Å². The quantitative estimate of drug-likeness (QED) is 0.562. The molecule has 2 heterocycles. The average molecular weight is 504 g/mol. The minimum atomic E-state index is -0.634. The number of nitrogens with one attached hydrogen (secondary N) is 1. The van der Waals surface area contributed by atoms with Crippen LogP contribution in [-0.2, 0) is 19.1 Å². The first kappa shape index (κ1) is 25.1. The average Bonchev–Trinajstić information content (AvgIpc) is 2.87. The number of dihydropyridines is 1. The molecule has 2 atom stereocenters. The van der Waals surface area contributed by atoms with Crippen molar-refractivity contribution >= 4 is 11.8 Å². The number of phenols is 1. The van der Waals surface area contributed by atoms with Gasteiger partial charge in [0.15, 0.2) is 5.78 Å². The maximum atomic E-state index is 13.8. The van der Waals surface area contributed by atoms with Crippen LogP contribution in [0.15, 0.2) is 71.1 Å². The summed E-state index contributed by atoms with van der Waals surface area (Å²) in [6, 6.07) is 14.5. The molecule has 2 aliphatic heterocycles. The van der Waals surface area contributed by atoms with Gasteiger partial charge in [0.05, 0.1) is 25.9 Å². The molecule has 0 unspecified atom stereocenters. The van der Waals surface area contributed by atoms with Crippen molar-refractivity contribution in [3.05, 3.63) is 82.2 Å². The number of ether oxygens (including phenoxy) is 3. The fraction of sp³-hybridized carbons (Fsp3) is 0.400. The molecule has 0 bridgehead atoms. The molecule has 2 N–H and O–H groups in total. The molecule has 194 valence electrons. The number of allylic oxidation sites excluding steroid dienone is 3. The number of hydrogen-bond donors (Lipinski definition) is 2. The summed E-state index contributed by atoms with van der Waals surface area (Å²) in [6.07, 6.45) is 2.13. The van der Waals surface area contributed by atoms with Gasteiger partial charge in [0.25, 0.3) is 0 Å². The molecule has 0 aromatic heterocycles. The Bertz CT molecular complexity index is 1290. The Morgan fingerprint density at radius 3 is 2.59 bits per heavy atom. The Morgan fingerprint density at radius 2 is 1.86 bits per heavy atom. The Hall–Kier alpha value is -3.58. The van der Waals surface area contributed by atoms with Gasteiger partial charge in [0, 0.05) is 48.1 Å². The number of para-hydroxylation sites is 1. The lowest BCUT2D eigenvalue weighted by Gasteiger charge is -2.39. The van der Waals surface area contributed by atoms with Crippen molar-refractivity contribution in [2.45, 2.75) is 57.0 Å². The normalized spacial score (nSPS) is 23.3. The van der Waals surface area contributed by atoms with E-state index in [2.05, 4.69) is 5.32 Å². The summed E-state index contributed by atoms with van der Waals surface area (Å²) >= 11 is 0. The molecule has 2 aromatic carbocycles. The van der Waals surface area contributed by atoms with E-state index in [9.17, 15) is 14.7 Å². The molecule has 5 rings (SSSR count). The highest BCUT2D eigenvalue weighted by molar-refractivity contribution is 6.04. The fourth-order valence-corrected chi connectivity index (χ4v) is 5.75. The molecule has 1 saturated heterocycles. The van der Waals surface area contributed by atoms with Crippen molar-refractivity contribution in [1.29, 1.82) is 0 Å². The number of benzene rings is 2. The lowest BCUT2D eigenvalue weighted by atomic mass is 9.71. The molecule has 7 nitrogen and oxygen atoms in total. The minimum Gasteiger partial charge on any atom is -0.508 e. The summed E-state index contributed by atoms with van der Waals surface area (Å²) in [6.45, 7) is 4.85. The van der Waals surface area contributed by atoms with Crippen LogP contribution in [0.2, 0.25) is 0 Å². The number of aromatic hydroxyl groups is 1. The van der Waals surface area contributed by atoms with E-state index in [1.807, 2.05) is 44.2 Å². The van der Waals surface area contributed by atoms with Crippen molar-refractivity contribution in [1.82, 2.24) is 5.32 Å². The number of ketones is 1. The fourth-order valence-electron chi connectivity index (χ4n) is 5.75. The van der Waals surface area contributed by atoms with Crippen LogP contribution in [0.4, 0.5) is 0 Å². The number of phenolic OH excluding ortho intramolecular Hbond substituents is 1. The molecule has 0 amide bonds. The van der Waals surface area contributed by atoms with E-state index in [1.165, 1.54) is 0 Å². The second-order valence-electron chi connectivity index (χ2n) is 10.3. The van der Waals surface area contributed by atoms with E-state index >= 15 is 0 Å². The molecular weight excluding hydrogens is 470 g/mol. The highest BCUT2D eigenvalue weighted by Gasteiger charge is 2.43. The molecule has 37 heavy (non-hydrogen) atoms. The van der Waals surface area contributed by atoms with E-state index in [4.69, 9.17) is 14.2 Å². The predicted octanol–water partition coefficient (Wildman–Crippen LogP) is 4.87. The molecular formula is C30H33NO6. The first-order valence-corrected chi connectivity index (χ1v) is 12.8. The number of methoxy groups -OCH3 is 1. The van der Waals surface area contributed by atoms with Gasteiger partial charge in [-0.2, -0.15) is 0 Å². The van der Waals surface area contributed by atoms with Crippen molar-refractivity contribution < 1.29 is 28.9 Å². The van der Waals surface area contributed by atoms with Crippen molar-refractivity contribution in [2.24, 2.45) is 0 Å². The first-order valence-electron chi connectivity index (χ1n) is 12.8. The van der Waals surface area contributed by atoms with Gasteiger partial charge in [-0.1, -0.05) is 30.3 Å². The third-order valence-corrected chi connectivity index (χ3v) is 7.72. The Balaban J connectivity index is 1.55. The van der Waals surface area contributed by atoms with Gasteiger partial charge >= 0.3 is 5.97 Å². The second-order valence-corrected chi connectivity index (χ2v) is 10.3. The molecule has 1 fully saturated rings. The van der Waals surface area contributed by atoms with Gasteiger partial charge in [0.2, 0.25) is 0 Å². The largest absolute Gasteiger partial charge is 0.508 e. The van der Waals surface area contributed by atoms with Crippen LogP contribution in [0.25, 0.3) is 0 Å². The number of rotatable bonds is 5. The zero-order valence-corrected chi connectivity index (χ0v) is 21.5.